The maximum absolute atomic E-state index is 12.7. The summed E-state index contributed by atoms with van der Waals surface area (Å²) in [5.74, 6) is 1.99. The number of para-hydroxylation sites is 12. The van der Waals surface area contributed by atoms with Gasteiger partial charge in [-0.2, -0.15) is 24.9 Å². The van der Waals surface area contributed by atoms with Crippen molar-refractivity contribution in [3.05, 3.63) is 463 Å². The summed E-state index contributed by atoms with van der Waals surface area (Å²) >= 11 is 0. The Hall–Kier alpha value is -21.0. The molecule has 0 atom stereocenters. The van der Waals surface area contributed by atoms with Gasteiger partial charge < -0.3 is 97.4 Å². The maximum atomic E-state index is 12.7. The Balaban J connectivity index is 0.000000142. The third kappa shape index (κ3) is 30.1. The Morgan fingerprint density at radius 1 is 0.295 bits per heavy atom. The van der Waals surface area contributed by atoms with Gasteiger partial charge in [0.05, 0.1) is 41.5 Å². The molecule has 4 aromatic heterocycles. The standard InChI is InChI=1S/2C22H18O4.C21H18N6O3.C19H18N2O4.C15H13N5O3.C14H10N2O3/c23-19-10-3-1-6-17(19)13-21(25)15-8-5-9-16(12-15)22(26)14-18-7-2-4-11-20(18)24;23-19-8-4-15(5-9-19)12-21(25)17-2-1-3-18(14-17)22(26)13-16-6-10-20(24)11-7-16;28-16-10-4-1-7-13(16)22-19-25-20(23-14-8-2-5-11-17(14)29)27-21(26-19)24-15-9-3-6-12-18(15)30;1-13-10-20(11-14-2-6-16(22)7-3-14)19(25)21(18(13)24)12-15-4-8-17(23)9-5-15;21-11-7-3-1-5-9(11)16-13-18-14(20-15(23)19-13)17-10-6-2-4-8-12(10)22;17-11-5-1-9(2-6-11)13-15-16-14(19-13)10-3-7-12(18)8-4-10/h1-12,23-24H,13-14H2;1-11,14,23-24H,12-13H2;1-12,28-30H,(H3,22,23,24,25,26,27);2-10,22-23H,11-12H2,1H3;1-8,21-22H,(H3,16,17,18,19,20,23);1-8,17-18H. The van der Waals surface area contributed by atoms with E-state index >= 15 is 0 Å². The van der Waals surface area contributed by atoms with Crippen molar-refractivity contribution in [2.45, 2.75) is 45.7 Å². The average Bonchev–Trinajstić information content (AvgIpc) is 1.25. The predicted molar refractivity (Wildman–Crippen MR) is 559 cm³/mol. The van der Waals surface area contributed by atoms with Crippen LogP contribution in [0.3, 0.4) is 0 Å². The highest BCUT2D eigenvalue weighted by Gasteiger charge is 2.21. The van der Waals surface area contributed by atoms with Gasteiger partial charge >= 0.3 is 11.4 Å². The molecule has 15 aromatic carbocycles. The lowest BCUT2D eigenvalue weighted by Gasteiger charge is -2.13. The quantitative estimate of drug-likeness (QED) is 0.0160. The van der Waals surface area contributed by atoms with Crippen molar-refractivity contribution in [2.75, 3.05) is 26.6 Å². The van der Waals surface area contributed by atoms with Crippen LogP contribution < -0.4 is 43.5 Å². The van der Waals surface area contributed by atoms with E-state index in [1.807, 2.05) is 0 Å². The fraction of sp³-hybridized carbons (Fsp3) is 0.0619. The molecule has 4 heterocycles. The lowest BCUT2D eigenvalue weighted by Crippen LogP contribution is -2.41. The third-order valence-electron chi connectivity index (χ3n) is 22.0. The molecule has 0 aliphatic rings. The summed E-state index contributed by atoms with van der Waals surface area (Å²) in [6.07, 6.45) is 2.07. The highest BCUT2D eigenvalue weighted by atomic mass is 16.4. The molecule has 0 spiro atoms. The Labute approximate surface area is 848 Å². The normalized spacial score (nSPS) is 10.5. The van der Waals surface area contributed by atoms with Gasteiger partial charge in [0.2, 0.25) is 41.5 Å². The molecule has 19 rings (SSSR count). The van der Waals surface area contributed by atoms with Crippen molar-refractivity contribution in [2.24, 2.45) is 0 Å². The van der Waals surface area contributed by atoms with E-state index in [2.05, 4.69) is 66.7 Å². The SMILES string of the molecule is Cc1cn(Cc2ccc(O)cc2)c(=O)n(Cc2ccc(O)cc2)c1=O.O=C(Cc1ccc(O)cc1)c1cccc(C(=O)Cc2ccc(O)cc2)c1.O=C(Cc1ccccc1O)c1cccc(C(=O)Cc2ccccc2O)c1.O=c1nc(Nc2ccccc2O)nc(Nc2ccccc2O)[nH]1.Oc1ccc(-c2nnc(-c3ccc(O)cc3)o2)cc1.Oc1ccccc1Nc1nc(Nc2ccccc2O)nc(Nc2ccccc2O)n1. The number of phenolic OH excluding ortho intramolecular Hbond substituents is 13. The Morgan fingerprint density at radius 3 is 0.906 bits per heavy atom. The predicted octanol–water partition coefficient (Wildman–Crippen LogP) is 18.8. The first-order valence-electron chi connectivity index (χ1n) is 45.6. The average molecular weight is 2000 g/mol. The van der Waals surface area contributed by atoms with Crippen molar-refractivity contribution in [3.63, 3.8) is 0 Å². The molecule has 0 unspecified atom stereocenters. The number of nitrogens with one attached hydrogen (secondary N) is 6. The Bertz CT molecular complexity index is 7660. The van der Waals surface area contributed by atoms with Crippen molar-refractivity contribution in [3.8, 4) is 97.7 Å². The van der Waals surface area contributed by atoms with Crippen LogP contribution in [0.5, 0.6) is 74.7 Å². The number of aromatic hydroxyl groups is 13. The number of hydrogen-bond donors (Lipinski definition) is 19. The van der Waals surface area contributed by atoms with E-state index in [-0.39, 0.29) is 165 Å². The number of Topliss-reactive ketones (excluding diaryl/α,β-unsaturated/α-hetero) is 4. The zero-order chi connectivity index (χ0) is 105. The van der Waals surface area contributed by atoms with E-state index in [1.165, 1.54) is 63.7 Å². The molecule has 0 saturated carbocycles. The highest BCUT2D eigenvalue weighted by Crippen LogP contribution is 2.34. The number of H-pyrrole nitrogens is 1. The monoisotopic (exact) mass is 2000 g/mol. The number of carbonyl (C=O) groups is 4. The summed E-state index contributed by atoms with van der Waals surface area (Å²) in [7, 11) is 0. The number of carbonyl (C=O) groups excluding carboxylic acids is 4. The molecule has 748 valence electrons. The van der Waals surface area contributed by atoms with Crippen LogP contribution in [0.25, 0.3) is 22.9 Å². The van der Waals surface area contributed by atoms with Crippen LogP contribution in [-0.4, -0.2) is 139 Å². The summed E-state index contributed by atoms with van der Waals surface area (Å²) in [6, 6.07) is 98.6. The number of rotatable bonds is 28. The molecule has 149 heavy (non-hydrogen) atoms. The first-order chi connectivity index (χ1) is 71.9. The van der Waals surface area contributed by atoms with Gasteiger partial charge in [0, 0.05) is 82.0 Å². The molecule has 0 saturated heterocycles. The van der Waals surface area contributed by atoms with Gasteiger partial charge in [-0.05, 0) is 211 Å². The van der Waals surface area contributed by atoms with E-state index in [0.29, 0.717) is 85.7 Å². The lowest BCUT2D eigenvalue weighted by atomic mass is 9.97. The number of ketones is 4. The lowest BCUT2D eigenvalue weighted by molar-refractivity contribution is 0.0977. The van der Waals surface area contributed by atoms with Crippen molar-refractivity contribution >= 4 is 81.3 Å². The summed E-state index contributed by atoms with van der Waals surface area (Å²) in [5, 5.41) is 147. The fourth-order valence-electron chi connectivity index (χ4n) is 14.3. The second kappa shape index (κ2) is 49.9. The zero-order valence-corrected chi connectivity index (χ0v) is 79.1. The van der Waals surface area contributed by atoms with Crippen LogP contribution in [-0.2, 0) is 38.8 Å². The number of hydrogen-bond acceptors (Lipinski definition) is 33. The summed E-state index contributed by atoms with van der Waals surface area (Å²) in [6.45, 7) is 2.10. The molecule has 0 aliphatic heterocycles. The van der Waals surface area contributed by atoms with E-state index in [9.17, 15) is 99.9 Å². The third-order valence-corrected chi connectivity index (χ3v) is 22.0. The van der Waals surface area contributed by atoms with Crippen LogP contribution in [0.4, 0.5) is 58.2 Å². The second-order valence-corrected chi connectivity index (χ2v) is 32.9. The minimum absolute atomic E-state index is 0.00611. The molecule has 36 nitrogen and oxygen atoms in total. The second-order valence-electron chi connectivity index (χ2n) is 32.9. The minimum Gasteiger partial charge on any atom is -0.508 e. The molecule has 0 bridgehead atoms. The molecule has 19 N–H and O–H groups in total. The Morgan fingerprint density at radius 2 is 0.577 bits per heavy atom. The smallest absolute Gasteiger partial charge is 0.351 e. The Kier molecular flexibility index (Phi) is 34.8. The fourth-order valence-corrected chi connectivity index (χ4v) is 14.3. The molecule has 19 aromatic rings. The number of anilines is 10. The highest BCUT2D eigenvalue weighted by molar-refractivity contribution is 6.04. The largest absolute Gasteiger partial charge is 0.508 e. The van der Waals surface area contributed by atoms with Crippen LogP contribution >= 0.6 is 0 Å². The van der Waals surface area contributed by atoms with Gasteiger partial charge in [0.1, 0.15) is 74.7 Å². The van der Waals surface area contributed by atoms with Gasteiger partial charge in [-0.1, -0.05) is 182 Å². The van der Waals surface area contributed by atoms with Gasteiger partial charge in [-0.3, -0.25) is 38.1 Å². The topological polar surface area (TPSA) is 572 Å². The molecular weight excluding hydrogens is 1900 g/mol. The van der Waals surface area contributed by atoms with E-state index < -0.39 is 11.4 Å². The van der Waals surface area contributed by atoms with Crippen LogP contribution in [0.2, 0.25) is 0 Å². The van der Waals surface area contributed by atoms with E-state index in [0.717, 1.165) is 33.4 Å². The van der Waals surface area contributed by atoms with Gasteiger partial charge in [0.25, 0.3) is 5.56 Å². The van der Waals surface area contributed by atoms with Crippen molar-refractivity contribution in [1.82, 2.24) is 49.2 Å². The maximum Gasteiger partial charge on any atom is 0.351 e. The van der Waals surface area contributed by atoms with Crippen LogP contribution in [0, 0.1) is 6.92 Å². The number of aromatic amines is 1. The van der Waals surface area contributed by atoms with Crippen molar-refractivity contribution in [1.29, 1.82) is 0 Å². The molecule has 0 fully saturated rings. The van der Waals surface area contributed by atoms with Gasteiger partial charge in [0.15, 0.2) is 23.1 Å². The first-order valence-corrected chi connectivity index (χ1v) is 45.6. The number of phenols is 13. The van der Waals surface area contributed by atoms with Gasteiger partial charge in [-0.25, -0.2) is 9.59 Å². The van der Waals surface area contributed by atoms with Crippen LogP contribution in [0.15, 0.2) is 389 Å². The number of benzene rings is 15. The number of aromatic nitrogens is 10. The molecule has 0 aliphatic carbocycles. The first kappa shape index (κ1) is 104. The van der Waals surface area contributed by atoms with Crippen LogP contribution in [0.1, 0.15) is 80.4 Å². The summed E-state index contributed by atoms with van der Waals surface area (Å²) in [5.41, 5.74) is 8.61. The molecule has 0 amide bonds. The molecule has 36 heteroatoms. The summed E-state index contributed by atoms with van der Waals surface area (Å²) in [4.78, 5) is 110. The number of aryl methyl sites for hydroxylation is 1. The molecule has 0 radical (unpaired) electrons. The van der Waals surface area contributed by atoms with E-state index in [4.69, 9.17) is 4.42 Å². The van der Waals surface area contributed by atoms with E-state index in [1.54, 1.807) is 323 Å². The number of nitrogens with zero attached hydrogens (tertiary/aromatic N) is 9. The molecular formula is C113H95N15O21. The van der Waals surface area contributed by atoms with Gasteiger partial charge in [-0.15, -0.1) is 10.2 Å². The minimum atomic E-state index is -0.629. The zero-order valence-electron chi connectivity index (χ0n) is 79.1. The summed E-state index contributed by atoms with van der Waals surface area (Å²) < 4.78 is 8.21. The van der Waals surface area contributed by atoms with Crippen molar-refractivity contribution < 1.29 is 90.0 Å².